The minimum atomic E-state index is -1.71. The summed E-state index contributed by atoms with van der Waals surface area (Å²) < 4.78 is 11.8. The van der Waals surface area contributed by atoms with Gasteiger partial charge in [0.05, 0.1) is 13.2 Å². The fourth-order valence-electron chi connectivity index (χ4n) is 2.83. The molecule has 1 atom stereocenters. The predicted molar refractivity (Wildman–Crippen MR) is 103 cm³/mol. The molecule has 3 rings (SSSR count). The summed E-state index contributed by atoms with van der Waals surface area (Å²) in [7, 11) is -0.0176. The zero-order valence-corrected chi connectivity index (χ0v) is 15.7. The Hall–Kier alpha value is -2.10. The molecular weight excluding hydrogens is 312 g/mol. The predicted octanol–water partition coefficient (Wildman–Crippen LogP) is 5.79. The summed E-state index contributed by atoms with van der Waals surface area (Å²) in [6, 6.07) is 23.2. The van der Waals surface area contributed by atoms with Crippen LogP contribution in [0.3, 0.4) is 0 Å². The molecule has 0 bridgehead atoms. The van der Waals surface area contributed by atoms with Gasteiger partial charge in [0.1, 0.15) is 5.75 Å². The molecule has 3 aromatic rings. The molecule has 0 fully saturated rings. The zero-order valence-electron chi connectivity index (χ0n) is 14.7. The van der Waals surface area contributed by atoms with E-state index < -0.39 is 8.32 Å². The Morgan fingerprint density at radius 1 is 0.750 bits per heavy atom. The van der Waals surface area contributed by atoms with Crippen LogP contribution in [0, 0.1) is 0 Å². The first kappa shape index (κ1) is 16.7. The molecule has 0 aliphatic rings. The Labute approximate surface area is 145 Å². The van der Waals surface area contributed by atoms with Gasteiger partial charge >= 0.3 is 0 Å². The van der Waals surface area contributed by atoms with Crippen LogP contribution in [0.15, 0.2) is 66.7 Å². The molecule has 0 aliphatic carbocycles. The van der Waals surface area contributed by atoms with Gasteiger partial charge in [-0.15, -0.1) is 0 Å². The van der Waals surface area contributed by atoms with Gasteiger partial charge in [0.15, 0.2) is 8.32 Å². The zero-order chi connectivity index (χ0) is 17.2. The van der Waals surface area contributed by atoms with Crippen LogP contribution in [-0.4, -0.2) is 15.4 Å². The molecule has 0 N–H and O–H groups in total. The van der Waals surface area contributed by atoms with Gasteiger partial charge in [0.2, 0.25) is 0 Å². The quantitative estimate of drug-likeness (QED) is 0.549. The summed E-state index contributed by atoms with van der Waals surface area (Å²) >= 11 is 0. The molecule has 0 radical (unpaired) electrons. The van der Waals surface area contributed by atoms with E-state index in [0.29, 0.717) is 0 Å². The number of methoxy groups -OCH3 is 1. The van der Waals surface area contributed by atoms with Crippen LogP contribution in [0.25, 0.3) is 10.8 Å². The van der Waals surface area contributed by atoms with Gasteiger partial charge in [0.25, 0.3) is 0 Å². The Balaban J connectivity index is 2.04. The normalized spacial score (nSPS) is 13.0. The Bertz CT molecular complexity index is 819. The van der Waals surface area contributed by atoms with Crippen molar-refractivity contribution >= 4 is 19.1 Å². The highest BCUT2D eigenvalue weighted by Crippen LogP contribution is 2.32. The number of fused-ring (bicyclic) bond motifs is 1. The molecule has 0 spiro atoms. The standard InChI is InChI=1S/C21H24O2Si/c1-22-20-13-11-17(12-14-20)21(23-24(2,3)4)19-10-9-16-7-5-6-8-18(16)15-19/h5-15,21H,1-4H3. The van der Waals surface area contributed by atoms with E-state index >= 15 is 0 Å². The van der Waals surface area contributed by atoms with E-state index in [0.717, 1.165) is 11.3 Å². The summed E-state index contributed by atoms with van der Waals surface area (Å²) in [5.41, 5.74) is 2.36. The monoisotopic (exact) mass is 336 g/mol. The van der Waals surface area contributed by atoms with Crippen molar-refractivity contribution in [2.75, 3.05) is 7.11 Å². The van der Waals surface area contributed by atoms with E-state index in [9.17, 15) is 0 Å². The third-order valence-electron chi connectivity index (χ3n) is 3.97. The van der Waals surface area contributed by atoms with Crippen molar-refractivity contribution in [1.82, 2.24) is 0 Å². The molecule has 0 amide bonds. The highest BCUT2D eigenvalue weighted by molar-refractivity contribution is 6.69. The number of hydrogen-bond acceptors (Lipinski definition) is 2. The molecule has 0 saturated carbocycles. The Morgan fingerprint density at radius 2 is 1.38 bits per heavy atom. The fraction of sp³-hybridized carbons (Fsp3) is 0.238. The Morgan fingerprint density at radius 3 is 2.00 bits per heavy atom. The van der Waals surface area contributed by atoms with Gasteiger partial charge in [-0.2, -0.15) is 0 Å². The van der Waals surface area contributed by atoms with Gasteiger partial charge in [-0.25, -0.2) is 0 Å². The summed E-state index contributed by atoms with van der Waals surface area (Å²) in [6.45, 7) is 6.68. The second-order valence-electron chi connectivity index (χ2n) is 6.99. The van der Waals surface area contributed by atoms with Crippen LogP contribution < -0.4 is 4.74 Å². The SMILES string of the molecule is COc1ccc(C(O[Si](C)(C)C)c2ccc3ccccc3c2)cc1. The van der Waals surface area contributed by atoms with Crippen LogP contribution in [0.5, 0.6) is 5.75 Å². The van der Waals surface area contributed by atoms with Crippen LogP contribution >= 0.6 is 0 Å². The van der Waals surface area contributed by atoms with Crippen molar-refractivity contribution in [2.45, 2.75) is 25.7 Å². The molecule has 0 aromatic heterocycles. The number of rotatable bonds is 5. The molecule has 2 nitrogen and oxygen atoms in total. The molecular formula is C21H24O2Si. The van der Waals surface area contributed by atoms with Gasteiger partial charge < -0.3 is 9.16 Å². The van der Waals surface area contributed by atoms with Gasteiger partial charge in [0, 0.05) is 0 Å². The van der Waals surface area contributed by atoms with Crippen LogP contribution in [0.2, 0.25) is 19.6 Å². The molecule has 124 valence electrons. The number of hydrogen-bond donors (Lipinski definition) is 0. The molecule has 3 aromatic carbocycles. The second kappa shape index (κ2) is 6.79. The van der Waals surface area contributed by atoms with E-state index in [4.69, 9.17) is 9.16 Å². The molecule has 0 aliphatic heterocycles. The van der Waals surface area contributed by atoms with Crippen LogP contribution in [-0.2, 0) is 4.43 Å². The van der Waals surface area contributed by atoms with Gasteiger partial charge in [-0.1, -0.05) is 48.5 Å². The highest BCUT2D eigenvalue weighted by Gasteiger charge is 2.24. The average molecular weight is 337 g/mol. The smallest absolute Gasteiger partial charge is 0.185 e. The van der Waals surface area contributed by atoms with E-state index in [1.807, 2.05) is 12.1 Å². The van der Waals surface area contributed by atoms with Crippen LogP contribution in [0.4, 0.5) is 0 Å². The van der Waals surface area contributed by atoms with Crippen molar-refractivity contribution in [3.05, 3.63) is 77.9 Å². The minimum absolute atomic E-state index is 0.0489. The van der Waals surface area contributed by atoms with E-state index in [1.54, 1.807) is 7.11 Å². The van der Waals surface area contributed by atoms with E-state index in [2.05, 4.69) is 74.2 Å². The first-order chi connectivity index (χ1) is 11.5. The van der Waals surface area contributed by atoms with Gasteiger partial charge in [-0.05, 0) is 59.7 Å². The molecule has 0 saturated heterocycles. The summed E-state index contributed by atoms with van der Waals surface area (Å²) in [6.07, 6.45) is -0.0489. The first-order valence-corrected chi connectivity index (χ1v) is 11.7. The summed E-state index contributed by atoms with van der Waals surface area (Å²) in [5, 5.41) is 2.50. The molecule has 1 unspecified atom stereocenters. The largest absolute Gasteiger partial charge is 0.497 e. The van der Waals surface area contributed by atoms with Crippen molar-refractivity contribution in [1.29, 1.82) is 0 Å². The lowest BCUT2D eigenvalue weighted by atomic mass is 9.98. The molecule has 24 heavy (non-hydrogen) atoms. The molecule has 0 heterocycles. The van der Waals surface area contributed by atoms with Crippen LogP contribution in [0.1, 0.15) is 17.2 Å². The van der Waals surface area contributed by atoms with Crippen molar-refractivity contribution < 1.29 is 9.16 Å². The van der Waals surface area contributed by atoms with Crippen molar-refractivity contribution in [3.8, 4) is 5.75 Å². The van der Waals surface area contributed by atoms with Crippen molar-refractivity contribution in [3.63, 3.8) is 0 Å². The second-order valence-corrected chi connectivity index (χ2v) is 11.5. The van der Waals surface area contributed by atoms with E-state index in [-0.39, 0.29) is 6.10 Å². The lowest BCUT2D eigenvalue weighted by Gasteiger charge is -2.27. The summed E-state index contributed by atoms with van der Waals surface area (Å²) in [4.78, 5) is 0. The first-order valence-electron chi connectivity index (χ1n) is 8.27. The maximum Gasteiger partial charge on any atom is 0.185 e. The number of benzene rings is 3. The highest BCUT2D eigenvalue weighted by atomic mass is 28.4. The fourth-order valence-corrected chi connectivity index (χ4v) is 3.81. The minimum Gasteiger partial charge on any atom is -0.497 e. The lowest BCUT2D eigenvalue weighted by molar-refractivity contribution is 0.240. The maximum absolute atomic E-state index is 6.53. The topological polar surface area (TPSA) is 18.5 Å². The van der Waals surface area contributed by atoms with Gasteiger partial charge in [-0.3, -0.25) is 0 Å². The average Bonchev–Trinajstić information content (AvgIpc) is 2.59. The summed E-state index contributed by atoms with van der Waals surface area (Å²) in [5.74, 6) is 0.865. The lowest BCUT2D eigenvalue weighted by Crippen LogP contribution is -2.28. The Kier molecular flexibility index (Phi) is 4.74. The van der Waals surface area contributed by atoms with Crippen molar-refractivity contribution in [2.24, 2.45) is 0 Å². The maximum atomic E-state index is 6.53. The third kappa shape index (κ3) is 3.86. The number of ether oxygens (including phenoxy) is 1. The molecule has 3 heteroatoms. The third-order valence-corrected chi connectivity index (χ3v) is 4.91. The van der Waals surface area contributed by atoms with E-state index in [1.165, 1.54) is 16.3 Å².